The van der Waals surface area contributed by atoms with E-state index < -0.39 is 41.6 Å². The number of para-hydroxylation sites is 1. The number of rotatable bonds is 11. The number of likely N-dealkylation sites (tertiary alicyclic amines) is 1. The summed E-state index contributed by atoms with van der Waals surface area (Å²) in [6.45, 7) is 11.2. The van der Waals surface area contributed by atoms with Gasteiger partial charge >= 0.3 is 5.97 Å². The normalized spacial score (nSPS) is 28.8. The van der Waals surface area contributed by atoms with Crippen molar-refractivity contribution in [3.05, 3.63) is 54.6 Å². The van der Waals surface area contributed by atoms with E-state index in [2.05, 4.69) is 13.2 Å². The molecule has 3 heterocycles. The summed E-state index contributed by atoms with van der Waals surface area (Å²) in [5, 5.41) is 10.8. The van der Waals surface area contributed by atoms with Gasteiger partial charge in [-0.15, -0.1) is 6.58 Å². The molecule has 1 aromatic rings. The van der Waals surface area contributed by atoms with Crippen LogP contribution < -0.4 is 4.90 Å². The SMILES string of the molecule is C=CCOC(=O)[C@@H]1[C@@H]2CCC3(O2)C(C(=O)N(CC=C)c2ccccc2Cl)N([C@@H](CO)CC(C)C)C(=O)[C@H]13. The van der Waals surface area contributed by atoms with Gasteiger partial charge in [-0.2, -0.15) is 0 Å². The molecule has 0 aromatic heterocycles. The zero-order valence-corrected chi connectivity index (χ0v) is 22.1. The monoisotopic (exact) mass is 530 g/mol. The quantitative estimate of drug-likeness (QED) is 0.348. The maximum Gasteiger partial charge on any atom is 0.312 e. The number of fused-ring (bicyclic) bond motifs is 1. The van der Waals surface area contributed by atoms with Gasteiger partial charge in [-0.25, -0.2) is 0 Å². The Kier molecular flexibility index (Phi) is 8.11. The highest BCUT2D eigenvalue weighted by molar-refractivity contribution is 6.34. The number of halogens is 1. The number of carbonyl (C=O) groups is 3. The lowest BCUT2D eigenvalue weighted by Gasteiger charge is -2.39. The summed E-state index contributed by atoms with van der Waals surface area (Å²) in [6, 6.07) is 5.32. The molecule has 2 unspecified atom stereocenters. The molecule has 1 aromatic carbocycles. The smallest absolute Gasteiger partial charge is 0.312 e. The third-order valence-corrected chi connectivity index (χ3v) is 7.98. The van der Waals surface area contributed by atoms with Gasteiger partial charge in [-0.05, 0) is 37.3 Å². The van der Waals surface area contributed by atoms with E-state index in [1.807, 2.05) is 13.8 Å². The maximum absolute atomic E-state index is 14.5. The predicted octanol–water partition coefficient (Wildman–Crippen LogP) is 3.37. The maximum atomic E-state index is 14.5. The highest BCUT2D eigenvalue weighted by atomic mass is 35.5. The lowest BCUT2D eigenvalue weighted by Crippen LogP contribution is -2.59. The van der Waals surface area contributed by atoms with Crippen molar-refractivity contribution in [2.45, 2.75) is 56.9 Å². The molecule has 1 spiro atoms. The molecule has 3 fully saturated rings. The second-order valence-corrected chi connectivity index (χ2v) is 10.8. The Labute approximate surface area is 222 Å². The predicted molar refractivity (Wildman–Crippen MR) is 140 cm³/mol. The summed E-state index contributed by atoms with van der Waals surface area (Å²) in [6.07, 6.45) is 4.00. The molecular weight excluding hydrogens is 496 g/mol. The van der Waals surface area contributed by atoms with Crippen LogP contribution in [0.5, 0.6) is 0 Å². The molecule has 200 valence electrons. The van der Waals surface area contributed by atoms with Gasteiger partial charge in [0, 0.05) is 6.54 Å². The molecule has 6 atom stereocenters. The van der Waals surface area contributed by atoms with Crippen LogP contribution in [0.15, 0.2) is 49.6 Å². The van der Waals surface area contributed by atoms with Gasteiger partial charge in [0.25, 0.3) is 5.91 Å². The first-order valence-corrected chi connectivity index (χ1v) is 13.1. The number of carbonyl (C=O) groups excluding carboxylic acids is 3. The molecule has 0 saturated carbocycles. The average molecular weight is 531 g/mol. The Morgan fingerprint density at radius 1 is 1.32 bits per heavy atom. The van der Waals surface area contributed by atoms with Crippen molar-refractivity contribution in [3.8, 4) is 0 Å². The molecular formula is C28H35ClN2O6. The van der Waals surface area contributed by atoms with Crippen LogP contribution in [0.3, 0.4) is 0 Å². The van der Waals surface area contributed by atoms with E-state index in [4.69, 9.17) is 21.1 Å². The zero-order valence-electron chi connectivity index (χ0n) is 21.3. The van der Waals surface area contributed by atoms with Crippen molar-refractivity contribution in [1.82, 2.24) is 4.90 Å². The van der Waals surface area contributed by atoms with Crippen LogP contribution in [-0.2, 0) is 23.9 Å². The van der Waals surface area contributed by atoms with Crippen LogP contribution in [0.2, 0.25) is 5.02 Å². The number of hydrogen-bond donors (Lipinski definition) is 1. The largest absolute Gasteiger partial charge is 0.461 e. The lowest BCUT2D eigenvalue weighted by atomic mass is 9.70. The summed E-state index contributed by atoms with van der Waals surface area (Å²) in [5.74, 6) is -2.83. The highest BCUT2D eigenvalue weighted by Gasteiger charge is 2.75. The number of esters is 1. The summed E-state index contributed by atoms with van der Waals surface area (Å²) >= 11 is 6.48. The minimum atomic E-state index is -1.21. The van der Waals surface area contributed by atoms with Gasteiger partial charge in [0.15, 0.2) is 0 Å². The number of amides is 2. The fourth-order valence-electron chi connectivity index (χ4n) is 6.34. The Balaban J connectivity index is 1.82. The molecule has 3 aliphatic rings. The van der Waals surface area contributed by atoms with Gasteiger partial charge in [0.05, 0.1) is 41.3 Å². The summed E-state index contributed by atoms with van der Waals surface area (Å²) in [7, 11) is 0. The Morgan fingerprint density at radius 2 is 2.05 bits per heavy atom. The van der Waals surface area contributed by atoms with Crippen molar-refractivity contribution in [1.29, 1.82) is 0 Å². The Morgan fingerprint density at radius 3 is 2.68 bits per heavy atom. The first-order chi connectivity index (χ1) is 17.7. The highest BCUT2D eigenvalue weighted by Crippen LogP contribution is 2.59. The molecule has 9 heteroatoms. The molecule has 3 aliphatic heterocycles. The number of aliphatic hydroxyl groups excluding tert-OH is 1. The van der Waals surface area contributed by atoms with E-state index in [0.717, 1.165) is 0 Å². The van der Waals surface area contributed by atoms with Crippen LogP contribution in [-0.4, -0.2) is 71.3 Å². The van der Waals surface area contributed by atoms with Crippen LogP contribution in [0, 0.1) is 17.8 Å². The minimum absolute atomic E-state index is 0.0221. The van der Waals surface area contributed by atoms with Crippen molar-refractivity contribution in [3.63, 3.8) is 0 Å². The van der Waals surface area contributed by atoms with E-state index in [-0.39, 0.29) is 37.5 Å². The lowest BCUT2D eigenvalue weighted by molar-refractivity contribution is -0.155. The van der Waals surface area contributed by atoms with Crippen molar-refractivity contribution >= 4 is 35.1 Å². The van der Waals surface area contributed by atoms with Gasteiger partial charge in [0.1, 0.15) is 18.2 Å². The molecule has 4 rings (SSSR count). The number of benzene rings is 1. The fraction of sp³-hybridized carbons (Fsp3) is 0.536. The Bertz CT molecular complexity index is 1080. The second kappa shape index (κ2) is 11.0. The summed E-state index contributed by atoms with van der Waals surface area (Å²) < 4.78 is 11.8. The second-order valence-electron chi connectivity index (χ2n) is 10.4. The molecule has 1 N–H and O–H groups in total. The zero-order chi connectivity index (χ0) is 26.9. The third kappa shape index (κ3) is 4.60. The van der Waals surface area contributed by atoms with E-state index in [1.54, 1.807) is 30.3 Å². The van der Waals surface area contributed by atoms with Crippen molar-refractivity contribution in [2.75, 3.05) is 24.7 Å². The topological polar surface area (TPSA) is 96.4 Å². The molecule has 2 bridgehead atoms. The van der Waals surface area contributed by atoms with Crippen molar-refractivity contribution < 1.29 is 29.0 Å². The molecule has 0 radical (unpaired) electrons. The first kappa shape index (κ1) is 27.4. The molecule has 37 heavy (non-hydrogen) atoms. The van der Waals surface area contributed by atoms with Gasteiger partial charge in [0.2, 0.25) is 5.91 Å². The van der Waals surface area contributed by atoms with Crippen LogP contribution in [0.4, 0.5) is 5.69 Å². The number of ether oxygens (including phenoxy) is 2. The van der Waals surface area contributed by atoms with Gasteiger partial charge in [-0.1, -0.05) is 56.3 Å². The van der Waals surface area contributed by atoms with Crippen molar-refractivity contribution in [2.24, 2.45) is 17.8 Å². The number of nitrogens with zero attached hydrogens (tertiary/aromatic N) is 2. The summed E-state index contributed by atoms with van der Waals surface area (Å²) in [5.41, 5.74) is -0.720. The van der Waals surface area contributed by atoms with Gasteiger partial charge < -0.3 is 24.4 Å². The molecule has 0 aliphatic carbocycles. The minimum Gasteiger partial charge on any atom is -0.461 e. The molecule has 2 amide bonds. The molecule has 8 nitrogen and oxygen atoms in total. The number of aliphatic hydroxyl groups is 1. The van der Waals surface area contributed by atoms with Gasteiger partial charge in [-0.3, -0.25) is 14.4 Å². The average Bonchev–Trinajstić information content (AvgIpc) is 3.52. The fourth-order valence-corrected chi connectivity index (χ4v) is 6.58. The standard InChI is InChI=1S/C28H35ClN2O6/c1-5-13-30(20-10-8-7-9-19(20)29)26(34)24-28-12-11-21(37-28)22(27(35)36-14-6-2)23(28)25(33)31(24)18(16-32)15-17(3)4/h5-10,17-18,21-24,32H,1-2,11-16H2,3-4H3/t18-,21+,22-,23+,24?,28?/m1/s1. The van der Waals surface area contributed by atoms with E-state index in [9.17, 15) is 19.5 Å². The number of hydrogen-bond acceptors (Lipinski definition) is 6. The Hall–Kier alpha value is -2.68. The summed E-state index contributed by atoms with van der Waals surface area (Å²) in [4.78, 5) is 44.7. The molecule has 3 saturated heterocycles. The number of anilines is 1. The van der Waals surface area contributed by atoms with Crippen LogP contribution in [0.1, 0.15) is 33.1 Å². The third-order valence-electron chi connectivity index (χ3n) is 7.66. The van der Waals surface area contributed by atoms with Crippen LogP contribution in [0.25, 0.3) is 0 Å². The van der Waals surface area contributed by atoms with E-state index in [1.165, 1.54) is 15.9 Å². The first-order valence-electron chi connectivity index (χ1n) is 12.8. The van der Waals surface area contributed by atoms with E-state index >= 15 is 0 Å². The van der Waals surface area contributed by atoms with E-state index in [0.29, 0.717) is 30.0 Å². The van der Waals surface area contributed by atoms with Crippen LogP contribution >= 0.6 is 11.6 Å².